The highest BCUT2D eigenvalue weighted by Gasteiger charge is 2.34. The van der Waals surface area contributed by atoms with Crippen molar-refractivity contribution in [1.82, 2.24) is 9.88 Å². The van der Waals surface area contributed by atoms with Crippen LogP contribution in [0.5, 0.6) is 10.8 Å². The summed E-state index contributed by atoms with van der Waals surface area (Å²) in [6.45, 7) is 0.383. The molecule has 0 aliphatic carbocycles. The molecule has 120 valence electrons. The van der Waals surface area contributed by atoms with Gasteiger partial charge >= 0.3 is 6.09 Å². The molecule has 0 bridgehead atoms. The number of carbonyl (C=O) groups excluding carboxylic acids is 1. The molecule has 2 heterocycles. The van der Waals surface area contributed by atoms with Gasteiger partial charge < -0.3 is 15.2 Å². The number of para-hydroxylation sites is 1. The number of hydrogen-bond donors (Lipinski definition) is 2. The van der Waals surface area contributed by atoms with E-state index in [1.54, 1.807) is 0 Å². The number of likely N-dealkylation sites (tertiary alicyclic amines) is 1. The zero-order valence-electron chi connectivity index (χ0n) is 12.1. The summed E-state index contributed by atoms with van der Waals surface area (Å²) in [5, 5.41) is 12.7. The van der Waals surface area contributed by atoms with Crippen LogP contribution in [0.15, 0.2) is 36.5 Å². The van der Waals surface area contributed by atoms with Crippen molar-refractivity contribution < 1.29 is 19.4 Å². The van der Waals surface area contributed by atoms with Crippen LogP contribution in [0.25, 0.3) is 0 Å². The summed E-state index contributed by atoms with van der Waals surface area (Å²) in [5.74, 6) is 0.326. The van der Waals surface area contributed by atoms with Gasteiger partial charge in [-0.3, -0.25) is 9.69 Å². The Morgan fingerprint density at radius 3 is 2.87 bits per heavy atom. The Morgan fingerprint density at radius 2 is 2.13 bits per heavy atom. The molecule has 1 saturated heterocycles. The molecule has 1 atom stereocenters. The van der Waals surface area contributed by atoms with Crippen molar-refractivity contribution in [2.24, 2.45) is 0 Å². The maximum Gasteiger partial charge on any atom is 0.407 e. The summed E-state index contributed by atoms with van der Waals surface area (Å²) in [6, 6.07) is 8.60. The van der Waals surface area contributed by atoms with Crippen molar-refractivity contribution in [3.8, 4) is 10.8 Å². The average Bonchev–Trinajstić information content (AvgIpc) is 3.17. The second-order valence-electron chi connectivity index (χ2n) is 5.02. The minimum atomic E-state index is -1.07. The Bertz CT molecular complexity index is 704. The number of hydrogen-bond acceptors (Lipinski definition) is 5. The second kappa shape index (κ2) is 6.66. The number of thiazole rings is 1. The van der Waals surface area contributed by atoms with Gasteiger partial charge in [0.05, 0.1) is 6.20 Å². The van der Waals surface area contributed by atoms with Crippen LogP contribution >= 0.6 is 11.3 Å². The van der Waals surface area contributed by atoms with Crippen LogP contribution in [0.3, 0.4) is 0 Å². The third-order valence-corrected chi connectivity index (χ3v) is 4.27. The summed E-state index contributed by atoms with van der Waals surface area (Å²) in [6.07, 6.45) is 1.66. The van der Waals surface area contributed by atoms with Crippen LogP contribution in [0.2, 0.25) is 0 Å². The van der Waals surface area contributed by atoms with Gasteiger partial charge in [0.25, 0.3) is 0 Å². The molecule has 1 aromatic heterocycles. The molecular formula is C15H15N3O4S. The fourth-order valence-corrected chi connectivity index (χ4v) is 3.12. The highest BCUT2D eigenvalue weighted by Crippen LogP contribution is 2.30. The predicted molar refractivity (Wildman–Crippen MR) is 85.0 cm³/mol. The fourth-order valence-electron chi connectivity index (χ4n) is 2.43. The van der Waals surface area contributed by atoms with E-state index in [9.17, 15) is 9.59 Å². The van der Waals surface area contributed by atoms with E-state index >= 15 is 0 Å². The Morgan fingerprint density at radius 1 is 1.35 bits per heavy atom. The number of anilines is 1. The third kappa shape index (κ3) is 3.59. The zero-order chi connectivity index (χ0) is 16.2. The van der Waals surface area contributed by atoms with Crippen LogP contribution in [-0.4, -0.2) is 39.6 Å². The lowest BCUT2D eigenvalue weighted by atomic mass is 10.2. The SMILES string of the molecule is O=C(Nc1ncc(Oc2ccccc2)s1)[C@H]1CCCN1C(=O)O. The lowest BCUT2D eigenvalue weighted by molar-refractivity contribution is -0.119. The number of carboxylic acid groups (broad SMARTS) is 1. The second-order valence-corrected chi connectivity index (χ2v) is 6.02. The molecule has 2 aromatic rings. The first-order chi connectivity index (χ1) is 11.1. The summed E-state index contributed by atoms with van der Waals surface area (Å²) in [7, 11) is 0. The highest BCUT2D eigenvalue weighted by atomic mass is 32.1. The first-order valence-electron chi connectivity index (χ1n) is 7.12. The number of nitrogens with zero attached hydrogens (tertiary/aromatic N) is 2. The number of carbonyl (C=O) groups is 2. The van der Waals surface area contributed by atoms with Crippen molar-refractivity contribution in [1.29, 1.82) is 0 Å². The molecule has 0 saturated carbocycles. The number of nitrogens with one attached hydrogen (secondary N) is 1. The monoisotopic (exact) mass is 333 g/mol. The standard InChI is InChI=1S/C15H15N3O4S/c19-13(11-7-4-8-18(11)15(20)21)17-14-16-9-12(23-14)22-10-5-2-1-3-6-10/h1-3,5-6,9,11H,4,7-8H2,(H,20,21)(H,16,17,19)/t11-/m1/s1. The van der Waals surface area contributed by atoms with Crippen LogP contribution < -0.4 is 10.1 Å². The molecule has 7 nitrogen and oxygen atoms in total. The van der Waals surface area contributed by atoms with Crippen LogP contribution in [0, 0.1) is 0 Å². The van der Waals surface area contributed by atoms with E-state index in [4.69, 9.17) is 9.84 Å². The molecule has 3 rings (SSSR count). The van der Waals surface area contributed by atoms with Gasteiger partial charge in [-0.05, 0) is 25.0 Å². The van der Waals surface area contributed by atoms with Crippen molar-refractivity contribution in [3.05, 3.63) is 36.5 Å². The van der Waals surface area contributed by atoms with E-state index in [0.717, 1.165) is 4.90 Å². The van der Waals surface area contributed by atoms with Gasteiger partial charge in [0.1, 0.15) is 11.8 Å². The molecule has 0 radical (unpaired) electrons. The average molecular weight is 333 g/mol. The van der Waals surface area contributed by atoms with Crippen molar-refractivity contribution in [3.63, 3.8) is 0 Å². The molecule has 8 heteroatoms. The van der Waals surface area contributed by atoms with Gasteiger partial charge in [0, 0.05) is 6.54 Å². The first kappa shape index (κ1) is 15.3. The minimum Gasteiger partial charge on any atom is -0.465 e. The molecule has 23 heavy (non-hydrogen) atoms. The van der Waals surface area contributed by atoms with Crippen molar-refractivity contribution >= 4 is 28.5 Å². The normalized spacial score (nSPS) is 17.0. The van der Waals surface area contributed by atoms with Crippen LogP contribution in [-0.2, 0) is 4.79 Å². The quantitative estimate of drug-likeness (QED) is 0.897. The van der Waals surface area contributed by atoms with Gasteiger partial charge in [0.2, 0.25) is 11.0 Å². The van der Waals surface area contributed by atoms with E-state index in [1.807, 2.05) is 30.3 Å². The van der Waals surface area contributed by atoms with Gasteiger partial charge in [0.15, 0.2) is 5.13 Å². The highest BCUT2D eigenvalue weighted by molar-refractivity contribution is 7.17. The summed E-state index contributed by atoms with van der Waals surface area (Å²) in [4.78, 5) is 28.5. The number of amides is 2. The molecule has 1 aliphatic rings. The van der Waals surface area contributed by atoms with Crippen molar-refractivity contribution in [2.75, 3.05) is 11.9 Å². The Labute approximate surface area is 136 Å². The van der Waals surface area contributed by atoms with Gasteiger partial charge in [-0.25, -0.2) is 9.78 Å². The van der Waals surface area contributed by atoms with Crippen molar-refractivity contribution in [2.45, 2.75) is 18.9 Å². The predicted octanol–water partition coefficient (Wildman–Crippen LogP) is 3.02. The summed E-state index contributed by atoms with van der Waals surface area (Å²) in [5.41, 5.74) is 0. The lowest BCUT2D eigenvalue weighted by Gasteiger charge is -2.19. The summed E-state index contributed by atoms with van der Waals surface area (Å²) < 4.78 is 5.63. The van der Waals surface area contributed by atoms with Gasteiger partial charge in [-0.1, -0.05) is 29.5 Å². The maximum atomic E-state index is 12.2. The maximum absolute atomic E-state index is 12.2. The number of ether oxygens (including phenoxy) is 1. The lowest BCUT2D eigenvalue weighted by Crippen LogP contribution is -2.42. The summed E-state index contributed by atoms with van der Waals surface area (Å²) >= 11 is 1.19. The molecule has 0 unspecified atom stereocenters. The molecule has 1 fully saturated rings. The first-order valence-corrected chi connectivity index (χ1v) is 7.94. The van der Waals surface area contributed by atoms with Gasteiger partial charge in [-0.2, -0.15) is 0 Å². The van der Waals surface area contributed by atoms with E-state index < -0.39 is 12.1 Å². The minimum absolute atomic E-state index is 0.356. The van der Waals surface area contributed by atoms with Crippen LogP contribution in [0.4, 0.5) is 9.93 Å². The van der Waals surface area contributed by atoms with Gasteiger partial charge in [-0.15, -0.1) is 0 Å². The third-order valence-electron chi connectivity index (χ3n) is 3.48. The number of benzene rings is 1. The Balaban J connectivity index is 1.62. The number of rotatable bonds is 4. The van der Waals surface area contributed by atoms with E-state index in [2.05, 4.69) is 10.3 Å². The van der Waals surface area contributed by atoms with Crippen LogP contribution in [0.1, 0.15) is 12.8 Å². The van der Waals surface area contributed by atoms with E-state index in [1.165, 1.54) is 17.5 Å². The zero-order valence-corrected chi connectivity index (χ0v) is 13.0. The molecular weight excluding hydrogens is 318 g/mol. The fraction of sp³-hybridized carbons (Fsp3) is 0.267. The molecule has 1 aromatic carbocycles. The Hall–Kier alpha value is -2.61. The smallest absolute Gasteiger partial charge is 0.407 e. The Kier molecular flexibility index (Phi) is 4.42. The molecule has 0 spiro atoms. The van der Waals surface area contributed by atoms with E-state index in [-0.39, 0.29) is 5.91 Å². The molecule has 2 N–H and O–H groups in total. The molecule has 1 aliphatic heterocycles. The molecule has 2 amide bonds. The largest absolute Gasteiger partial charge is 0.465 e. The number of aromatic nitrogens is 1. The topological polar surface area (TPSA) is 91.8 Å². The van der Waals surface area contributed by atoms with E-state index in [0.29, 0.717) is 35.3 Å².